The summed E-state index contributed by atoms with van der Waals surface area (Å²) in [6.07, 6.45) is 0.319. The molecule has 0 saturated heterocycles. The zero-order valence-electron chi connectivity index (χ0n) is 9.75. The van der Waals surface area contributed by atoms with Crippen LogP contribution >= 0.6 is 0 Å². The van der Waals surface area contributed by atoms with Crippen molar-refractivity contribution in [3.8, 4) is 5.75 Å². The predicted molar refractivity (Wildman–Crippen MR) is 64.6 cm³/mol. The van der Waals surface area contributed by atoms with Crippen molar-refractivity contribution in [2.75, 3.05) is 18.5 Å². The normalized spacial score (nSPS) is 9.94. The van der Waals surface area contributed by atoms with Gasteiger partial charge < -0.3 is 15.8 Å². The number of carbonyl (C=O) groups is 1. The van der Waals surface area contributed by atoms with E-state index in [4.69, 9.17) is 10.5 Å². The number of nitrogens with one attached hydrogen (secondary N) is 1. The maximum Gasteiger partial charge on any atom is 0.225 e. The molecule has 0 saturated carbocycles. The van der Waals surface area contributed by atoms with E-state index in [2.05, 4.69) is 5.32 Å². The van der Waals surface area contributed by atoms with Gasteiger partial charge in [-0.1, -0.05) is 6.07 Å². The third kappa shape index (κ3) is 3.55. The number of amides is 1. The molecule has 0 aliphatic rings. The van der Waals surface area contributed by atoms with Crippen molar-refractivity contribution in [2.45, 2.75) is 20.3 Å². The Balaban J connectivity index is 2.81. The van der Waals surface area contributed by atoms with Gasteiger partial charge in [0.1, 0.15) is 5.75 Å². The first kappa shape index (κ1) is 12.5. The molecule has 0 fully saturated rings. The summed E-state index contributed by atoms with van der Waals surface area (Å²) in [6.45, 7) is 4.81. The summed E-state index contributed by atoms with van der Waals surface area (Å²) in [7, 11) is 0. The van der Waals surface area contributed by atoms with Gasteiger partial charge >= 0.3 is 0 Å². The van der Waals surface area contributed by atoms with Gasteiger partial charge in [0.25, 0.3) is 0 Å². The Morgan fingerprint density at radius 2 is 2.25 bits per heavy atom. The van der Waals surface area contributed by atoms with E-state index < -0.39 is 0 Å². The molecule has 1 rings (SSSR count). The lowest BCUT2D eigenvalue weighted by atomic mass is 10.2. The summed E-state index contributed by atoms with van der Waals surface area (Å²) in [5.41, 5.74) is 7.11. The molecule has 3 N–H and O–H groups in total. The molecule has 0 unspecified atom stereocenters. The van der Waals surface area contributed by atoms with Crippen molar-refractivity contribution in [3.63, 3.8) is 0 Å². The largest absolute Gasteiger partial charge is 0.492 e. The minimum Gasteiger partial charge on any atom is -0.492 e. The van der Waals surface area contributed by atoms with Crippen molar-refractivity contribution in [3.05, 3.63) is 23.8 Å². The number of nitrogens with two attached hydrogens (primary N) is 1. The number of hydrogen-bond acceptors (Lipinski definition) is 3. The van der Waals surface area contributed by atoms with E-state index in [0.29, 0.717) is 31.0 Å². The second-order valence-electron chi connectivity index (χ2n) is 3.52. The number of carbonyl (C=O) groups excluding carboxylic acids is 1. The second-order valence-corrected chi connectivity index (χ2v) is 3.52. The Hall–Kier alpha value is -1.55. The summed E-state index contributed by atoms with van der Waals surface area (Å²) in [5, 5.41) is 2.78. The van der Waals surface area contributed by atoms with Crippen molar-refractivity contribution in [1.29, 1.82) is 0 Å². The lowest BCUT2D eigenvalue weighted by Gasteiger charge is -2.11. The lowest BCUT2D eigenvalue weighted by Crippen LogP contribution is -2.16. The molecule has 0 spiro atoms. The van der Waals surface area contributed by atoms with Crippen LogP contribution in [0.25, 0.3) is 0 Å². The number of aryl methyl sites for hydroxylation is 1. The molecular formula is C12H18N2O2. The average Bonchev–Trinajstić information content (AvgIpc) is 2.23. The van der Waals surface area contributed by atoms with Crippen LogP contribution in [0, 0.1) is 6.92 Å². The minimum atomic E-state index is -0.0905. The van der Waals surface area contributed by atoms with E-state index in [-0.39, 0.29) is 5.91 Å². The lowest BCUT2D eigenvalue weighted by molar-refractivity contribution is -0.116. The van der Waals surface area contributed by atoms with Crippen LogP contribution in [0.15, 0.2) is 18.2 Å². The summed E-state index contributed by atoms with van der Waals surface area (Å²) in [5.74, 6) is 0.611. The number of hydrogen-bond donors (Lipinski definition) is 2. The molecule has 16 heavy (non-hydrogen) atoms. The van der Waals surface area contributed by atoms with Crippen LogP contribution in [0.1, 0.15) is 18.9 Å². The number of ether oxygens (including phenoxy) is 1. The molecular weight excluding hydrogens is 204 g/mol. The maximum atomic E-state index is 11.4. The van der Waals surface area contributed by atoms with Crippen molar-refractivity contribution >= 4 is 11.6 Å². The first-order valence-corrected chi connectivity index (χ1v) is 5.40. The van der Waals surface area contributed by atoms with Gasteiger partial charge in [0.05, 0.1) is 12.3 Å². The molecule has 0 heterocycles. The molecule has 1 aromatic carbocycles. The van der Waals surface area contributed by atoms with Crippen LogP contribution in [0.5, 0.6) is 5.75 Å². The topological polar surface area (TPSA) is 64.3 Å². The van der Waals surface area contributed by atoms with Crippen LogP contribution in [0.4, 0.5) is 5.69 Å². The molecule has 0 atom stereocenters. The molecule has 1 amide bonds. The van der Waals surface area contributed by atoms with Gasteiger partial charge in [-0.2, -0.15) is 0 Å². The van der Waals surface area contributed by atoms with E-state index in [9.17, 15) is 4.79 Å². The molecule has 4 nitrogen and oxygen atoms in total. The Bertz CT molecular complexity index is 364. The van der Waals surface area contributed by atoms with Gasteiger partial charge in [-0.15, -0.1) is 0 Å². The van der Waals surface area contributed by atoms with Crippen molar-refractivity contribution in [1.82, 2.24) is 0 Å². The Labute approximate surface area is 95.8 Å². The molecule has 0 aliphatic carbocycles. The van der Waals surface area contributed by atoms with E-state index in [1.165, 1.54) is 0 Å². The first-order chi connectivity index (χ1) is 7.67. The van der Waals surface area contributed by atoms with E-state index in [1.807, 2.05) is 32.0 Å². The number of rotatable bonds is 5. The summed E-state index contributed by atoms with van der Waals surface area (Å²) < 4.78 is 5.45. The molecule has 88 valence electrons. The number of benzene rings is 1. The third-order valence-electron chi connectivity index (χ3n) is 2.08. The quantitative estimate of drug-likeness (QED) is 0.796. The summed E-state index contributed by atoms with van der Waals surface area (Å²) >= 11 is 0. The van der Waals surface area contributed by atoms with Gasteiger partial charge in [-0.25, -0.2) is 0 Å². The first-order valence-electron chi connectivity index (χ1n) is 5.40. The fourth-order valence-corrected chi connectivity index (χ4v) is 1.35. The molecule has 0 bridgehead atoms. The Morgan fingerprint density at radius 3 is 2.88 bits per heavy atom. The van der Waals surface area contributed by atoms with E-state index >= 15 is 0 Å². The monoisotopic (exact) mass is 222 g/mol. The van der Waals surface area contributed by atoms with Crippen molar-refractivity contribution < 1.29 is 9.53 Å². The standard InChI is InChI=1S/C12H18N2O2/c1-3-16-11-8-9(2)4-5-10(11)14-12(15)6-7-13/h4-5,8H,3,6-7,13H2,1-2H3,(H,14,15). The van der Waals surface area contributed by atoms with Crippen LogP contribution in [-0.2, 0) is 4.79 Å². The van der Waals surface area contributed by atoms with Crippen molar-refractivity contribution in [2.24, 2.45) is 5.73 Å². The SMILES string of the molecule is CCOc1cc(C)ccc1NC(=O)CCN. The fraction of sp³-hybridized carbons (Fsp3) is 0.417. The van der Waals surface area contributed by atoms with Crippen LogP contribution in [0.3, 0.4) is 0 Å². The van der Waals surface area contributed by atoms with Crippen LogP contribution in [-0.4, -0.2) is 19.1 Å². The number of anilines is 1. The second kappa shape index (κ2) is 6.12. The van der Waals surface area contributed by atoms with Crippen LogP contribution < -0.4 is 15.8 Å². The van der Waals surface area contributed by atoms with Gasteiger partial charge in [-0.3, -0.25) is 4.79 Å². The zero-order chi connectivity index (χ0) is 12.0. The summed E-state index contributed by atoms with van der Waals surface area (Å²) in [4.78, 5) is 11.4. The molecule has 0 aromatic heterocycles. The van der Waals surface area contributed by atoms with E-state index in [1.54, 1.807) is 0 Å². The highest BCUT2D eigenvalue weighted by atomic mass is 16.5. The smallest absolute Gasteiger partial charge is 0.225 e. The van der Waals surface area contributed by atoms with Gasteiger partial charge in [0.15, 0.2) is 0 Å². The highest BCUT2D eigenvalue weighted by Crippen LogP contribution is 2.25. The van der Waals surface area contributed by atoms with E-state index in [0.717, 1.165) is 5.56 Å². The fourth-order valence-electron chi connectivity index (χ4n) is 1.35. The molecule has 1 aromatic rings. The third-order valence-corrected chi connectivity index (χ3v) is 2.08. The Morgan fingerprint density at radius 1 is 1.50 bits per heavy atom. The highest BCUT2D eigenvalue weighted by Gasteiger charge is 2.07. The van der Waals surface area contributed by atoms with Gasteiger partial charge in [-0.05, 0) is 31.5 Å². The van der Waals surface area contributed by atoms with Crippen LogP contribution in [0.2, 0.25) is 0 Å². The summed E-state index contributed by atoms with van der Waals surface area (Å²) in [6, 6.07) is 5.68. The van der Waals surface area contributed by atoms with Gasteiger partial charge in [0.2, 0.25) is 5.91 Å². The minimum absolute atomic E-state index is 0.0905. The maximum absolute atomic E-state index is 11.4. The highest BCUT2D eigenvalue weighted by molar-refractivity contribution is 5.92. The Kier molecular flexibility index (Phi) is 4.79. The molecule has 4 heteroatoms. The molecule has 0 radical (unpaired) electrons. The average molecular weight is 222 g/mol. The predicted octanol–water partition coefficient (Wildman–Crippen LogP) is 1.68. The molecule has 0 aliphatic heterocycles. The zero-order valence-corrected chi connectivity index (χ0v) is 9.75. The van der Waals surface area contributed by atoms with Gasteiger partial charge in [0, 0.05) is 13.0 Å².